The fourth-order valence-electron chi connectivity index (χ4n) is 2.70. The number of anilines is 1. The minimum Gasteiger partial charge on any atom is -0.454 e. The standard InChI is InChI=1S/C22H31FN2O3S2/c1-4-5-12-25-19-14-17(16-29-13-11-22(2,3)23)15-20(30(24,26)27)21(19)28-18-9-7-6-8-10-18/h6-10,14-15,25H,4-5,11-13,16H2,1-3H3,(H2,24,26,27). The molecule has 0 fully saturated rings. The number of primary sulfonamides is 1. The lowest BCUT2D eigenvalue weighted by molar-refractivity contribution is 0.212. The number of alkyl halides is 1. The number of hydrogen-bond donors (Lipinski definition) is 2. The molecule has 0 heterocycles. The molecular weight excluding hydrogens is 423 g/mol. The number of halogens is 1. The molecular formula is C22H31FN2O3S2. The summed E-state index contributed by atoms with van der Waals surface area (Å²) >= 11 is 1.56. The maximum absolute atomic E-state index is 13.7. The van der Waals surface area contributed by atoms with E-state index in [2.05, 4.69) is 12.2 Å². The monoisotopic (exact) mass is 454 g/mol. The van der Waals surface area contributed by atoms with Crippen LogP contribution in [0.3, 0.4) is 0 Å². The molecule has 3 N–H and O–H groups in total. The zero-order valence-corrected chi connectivity index (χ0v) is 19.4. The second-order valence-corrected chi connectivity index (χ2v) is 10.4. The second-order valence-electron chi connectivity index (χ2n) is 7.73. The van der Waals surface area contributed by atoms with Gasteiger partial charge in [-0.15, -0.1) is 0 Å². The summed E-state index contributed by atoms with van der Waals surface area (Å²) in [5, 5.41) is 8.81. The van der Waals surface area contributed by atoms with Crippen molar-refractivity contribution in [2.45, 2.75) is 56.4 Å². The second kappa shape index (κ2) is 11.0. The molecule has 2 aromatic carbocycles. The van der Waals surface area contributed by atoms with Gasteiger partial charge in [0.15, 0.2) is 5.75 Å². The van der Waals surface area contributed by atoms with Crippen LogP contribution in [0.25, 0.3) is 0 Å². The number of thioether (sulfide) groups is 1. The SMILES string of the molecule is CCCCNc1cc(CSCCC(C)(C)F)cc(S(N)(=O)=O)c1Oc1ccccc1. The summed E-state index contributed by atoms with van der Waals surface area (Å²) in [5.74, 6) is 1.90. The van der Waals surface area contributed by atoms with Gasteiger partial charge in [-0.1, -0.05) is 31.5 Å². The van der Waals surface area contributed by atoms with Crippen molar-refractivity contribution in [2.75, 3.05) is 17.6 Å². The summed E-state index contributed by atoms with van der Waals surface area (Å²) in [7, 11) is -4.02. The molecule has 5 nitrogen and oxygen atoms in total. The highest BCUT2D eigenvalue weighted by Gasteiger charge is 2.22. The smallest absolute Gasteiger partial charge is 0.241 e. The van der Waals surface area contributed by atoms with Gasteiger partial charge in [0.25, 0.3) is 0 Å². The topological polar surface area (TPSA) is 81.4 Å². The summed E-state index contributed by atoms with van der Waals surface area (Å²) in [6, 6.07) is 12.4. The van der Waals surface area contributed by atoms with Gasteiger partial charge in [-0.3, -0.25) is 0 Å². The molecule has 0 amide bonds. The Morgan fingerprint density at radius 2 is 1.90 bits per heavy atom. The Bertz CT molecular complexity index is 914. The number of para-hydroxylation sites is 1. The van der Waals surface area contributed by atoms with Crippen molar-refractivity contribution in [3.8, 4) is 11.5 Å². The number of nitrogens with two attached hydrogens (primary N) is 1. The lowest BCUT2D eigenvalue weighted by atomic mass is 10.1. The molecule has 0 saturated carbocycles. The van der Waals surface area contributed by atoms with Crippen molar-refractivity contribution in [1.29, 1.82) is 0 Å². The Labute approximate surface area is 183 Å². The van der Waals surface area contributed by atoms with E-state index in [1.54, 1.807) is 43.8 Å². The Morgan fingerprint density at radius 3 is 2.50 bits per heavy atom. The zero-order chi connectivity index (χ0) is 22.2. The van der Waals surface area contributed by atoms with E-state index in [0.717, 1.165) is 18.4 Å². The van der Waals surface area contributed by atoms with Gasteiger partial charge in [-0.2, -0.15) is 11.8 Å². The largest absolute Gasteiger partial charge is 0.454 e. The predicted octanol–water partition coefficient (Wildman–Crippen LogP) is 5.71. The number of benzene rings is 2. The maximum atomic E-state index is 13.7. The van der Waals surface area contributed by atoms with Crippen molar-refractivity contribution >= 4 is 27.5 Å². The molecule has 0 unspecified atom stereocenters. The van der Waals surface area contributed by atoms with Gasteiger partial charge in [-0.25, -0.2) is 17.9 Å². The van der Waals surface area contributed by atoms with Crippen molar-refractivity contribution in [3.05, 3.63) is 48.0 Å². The number of sulfonamides is 1. The summed E-state index contributed by atoms with van der Waals surface area (Å²) in [4.78, 5) is -0.0609. The van der Waals surface area contributed by atoms with Crippen LogP contribution in [0.1, 0.15) is 45.6 Å². The van der Waals surface area contributed by atoms with Crippen LogP contribution in [-0.2, 0) is 15.8 Å². The number of ether oxygens (including phenoxy) is 1. The van der Waals surface area contributed by atoms with Crippen LogP contribution >= 0.6 is 11.8 Å². The highest BCUT2D eigenvalue weighted by Crippen LogP contribution is 2.38. The van der Waals surface area contributed by atoms with Crippen LogP contribution in [0.4, 0.5) is 10.1 Å². The van der Waals surface area contributed by atoms with Crippen LogP contribution < -0.4 is 15.2 Å². The average Bonchev–Trinajstić information content (AvgIpc) is 2.66. The number of hydrogen-bond acceptors (Lipinski definition) is 5. The van der Waals surface area contributed by atoms with E-state index in [4.69, 9.17) is 9.88 Å². The van der Waals surface area contributed by atoms with Crippen LogP contribution in [0.15, 0.2) is 47.4 Å². The Kier molecular flexibility index (Phi) is 9.00. The van der Waals surface area contributed by atoms with E-state index in [1.165, 1.54) is 0 Å². The highest BCUT2D eigenvalue weighted by molar-refractivity contribution is 7.98. The molecule has 0 aromatic heterocycles. The third-order valence-corrected chi connectivity index (χ3v) is 6.29. The lowest BCUT2D eigenvalue weighted by Gasteiger charge is -2.18. The van der Waals surface area contributed by atoms with Gasteiger partial charge in [0.2, 0.25) is 10.0 Å². The van der Waals surface area contributed by atoms with Crippen LogP contribution in [0.2, 0.25) is 0 Å². The summed E-state index contributed by atoms with van der Waals surface area (Å²) in [6.07, 6.45) is 2.36. The fraction of sp³-hybridized carbons (Fsp3) is 0.455. The third-order valence-electron chi connectivity index (χ3n) is 4.34. The van der Waals surface area contributed by atoms with Crippen LogP contribution in [0, 0.1) is 0 Å². The van der Waals surface area contributed by atoms with E-state index >= 15 is 0 Å². The Morgan fingerprint density at radius 1 is 1.20 bits per heavy atom. The molecule has 0 saturated heterocycles. The van der Waals surface area contributed by atoms with Crippen molar-refractivity contribution in [2.24, 2.45) is 5.14 Å². The number of unbranched alkanes of at least 4 members (excludes halogenated alkanes) is 1. The van der Waals surface area contributed by atoms with Crippen LogP contribution in [-0.4, -0.2) is 26.4 Å². The molecule has 0 aliphatic heterocycles. The Hall–Kier alpha value is -1.77. The quantitative estimate of drug-likeness (QED) is 0.402. The molecule has 166 valence electrons. The van der Waals surface area contributed by atoms with E-state index in [9.17, 15) is 12.8 Å². The van der Waals surface area contributed by atoms with E-state index in [0.29, 0.717) is 35.9 Å². The zero-order valence-electron chi connectivity index (χ0n) is 17.8. The van der Waals surface area contributed by atoms with Crippen molar-refractivity contribution in [1.82, 2.24) is 0 Å². The molecule has 0 radical (unpaired) electrons. The first kappa shape index (κ1) is 24.5. The minimum atomic E-state index is -4.02. The van der Waals surface area contributed by atoms with Gasteiger partial charge in [-0.05, 0) is 62.3 Å². The van der Waals surface area contributed by atoms with Crippen molar-refractivity contribution in [3.63, 3.8) is 0 Å². The van der Waals surface area contributed by atoms with Crippen molar-refractivity contribution < 1.29 is 17.5 Å². The van der Waals surface area contributed by atoms with E-state index in [-0.39, 0.29) is 10.6 Å². The molecule has 0 aliphatic rings. The predicted molar refractivity (Wildman–Crippen MR) is 124 cm³/mol. The molecule has 2 aromatic rings. The van der Waals surface area contributed by atoms with Gasteiger partial charge in [0, 0.05) is 12.3 Å². The molecule has 0 aliphatic carbocycles. The van der Waals surface area contributed by atoms with Gasteiger partial charge in [0.05, 0.1) is 5.69 Å². The number of rotatable bonds is 12. The first-order valence-corrected chi connectivity index (χ1v) is 12.7. The first-order chi connectivity index (χ1) is 14.1. The molecule has 0 spiro atoms. The van der Waals surface area contributed by atoms with E-state index in [1.807, 2.05) is 24.3 Å². The van der Waals surface area contributed by atoms with Gasteiger partial charge in [0.1, 0.15) is 16.3 Å². The third kappa shape index (κ3) is 8.16. The average molecular weight is 455 g/mol. The molecule has 2 rings (SSSR count). The Balaban J connectivity index is 2.36. The normalized spacial score (nSPS) is 12.0. The summed E-state index contributed by atoms with van der Waals surface area (Å²) < 4.78 is 44.3. The molecule has 0 bridgehead atoms. The van der Waals surface area contributed by atoms with Gasteiger partial charge < -0.3 is 10.1 Å². The molecule has 8 heteroatoms. The summed E-state index contributed by atoms with van der Waals surface area (Å²) in [6.45, 7) is 5.87. The summed E-state index contributed by atoms with van der Waals surface area (Å²) in [5.41, 5.74) is 0.152. The first-order valence-electron chi connectivity index (χ1n) is 10.0. The minimum absolute atomic E-state index is 0.0609. The lowest BCUT2D eigenvalue weighted by Crippen LogP contribution is -2.15. The fourth-order valence-corrected chi connectivity index (χ4v) is 4.60. The maximum Gasteiger partial charge on any atom is 0.241 e. The highest BCUT2D eigenvalue weighted by atomic mass is 32.2. The van der Waals surface area contributed by atoms with Gasteiger partial charge >= 0.3 is 0 Å². The van der Waals surface area contributed by atoms with Crippen LogP contribution in [0.5, 0.6) is 11.5 Å². The number of nitrogens with one attached hydrogen (secondary N) is 1. The molecule has 0 atom stereocenters. The van der Waals surface area contributed by atoms with E-state index < -0.39 is 15.7 Å². The molecule has 30 heavy (non-hydrogen) atoms.